The number of ether oxygens (including phenoxy) is 1. The molecular formula is C17H16O2S2. The third-order valence-electron chi connectivity index (χ3n) is 2.86. The highest BCUT2D eigenvalue weighted by Gasteiger charge is 2.08. The van der Waals surface area contributed by atoms with Crippen molar-refractivity contribution >= 4 is 33.9 Å². The second kappa shape index (κ2) is 7.86. The molecule has 0 saturated carbocycles. The maximum atomic E-state index is 10.2. The summed E-state index contributed by atoms with van der Waals surface area (Å²) in [5.74, 6) is 0.761. The number of rotatable bonds is 5. The Kier molecular flexibility index (Phi) is 5.84. The van der Waals surface area contributed by atoms with Gasteiger partial charge in [-0.25, -0.2) is 0 Å². The molecule has 2 rings (SSSR count). The molecule has 0 aliphatic heterocycles. The molecule has 1 N–H and O–H groups in total. The van der Waals surface area contributed by atoms with Gasteiger partial charge in [0.2, 0.25) is 0 Å². The Morgan fingerprint density at radius 3 is 2.52 bits per heavy atom. The molecule has 0 bridgehead atoms. The van der Waals surface area contributed by atoms with Gasteiger partial charge in [-0.3, -0.25) is 0 Å². The molecule has 0 heterocycles. The standard InChI is InChI=1S/C17H16O2S2/c1-21-17(20)11-15(18)14-9-5-6-10-16(14)19-12-13-7-3-2-4-8-13/h2-11,18H,12H2,1H3. The van der Waals surface area contributed by atoms with E-state index < -0.39 is 0 Å². The van der Waals surface area contributed by atoms with Gasteiger partial charge in [-0.2, -0.15) is 0 Å². The highest BCUT2D eigenvalue weighted by molar-refractivity contribution is 8.23. The van der Waals surface area contributed by atoms with E-state index in [0.29, 0.717) is 22.1 Å². The zero-order valence-electron chi connectivity index (χ0n) is 11.7. The normalized spacial score (nSPS) is 11.2. The van der Waals surface area contributed by atoms with Gasteiger partial charge < -0.3 is 9.84 Å². The van der Waals surface area contributed by atoms with Gasteiger partial charge in [0.05, 0.1) is 9.76 Å². The Hall–Kier alpha value is -1.78. The van der Waals surface area contributed by atoms with Crippen molar-refractivity contribution in [3.63, 3.8) is 0 Å². The minimum atomic E-state index is 0.123. The smallest absolute Gasteiger partial charge is 0.130 e. The van der Waals surface area contributed by atoms with Gasteiger partial charge in [0.1, 0.15) is 18.1 Å². The van der Waals surface area contributed by atoms with Crippen molar-refractivity contribution in [2.75, 3.05) is 6.26 Å². The van der Waals surface area contributed by atoms with Crippen LogP contribution in [0.15, 0.2) is 60.7 Å². The van der Waals surface area contributed by atoms with Crippen LogP contribution >= 0.6 is 24.0 Å². The molecule has 2 nitrogen and oxygen atoms in total. The lowest BCUT2D eigenvalue weighted by Crippen LogP contribution is -1.98. The third-order valence-corrected chi connectivity index (χ3v) is 3.99. The van der Waals surface area contributed by atoms with Gasteiger partial charge >= 0.3 is 0 Å². The molecule has 0 saturated heterocycles. The molecule has 0 unspecified atom stereocenters. The van der Waals surface area contributed by atoms with Crippen LogP contribution in [0.1, 0.15) is 11.1 Å². The van der Waals surface area contributed by atoms with E-state index in [0.717, 1.165) is 5.56 Å². The average molecular weight is 316 g/mol. The number of hydrogen-bond acceptors (Lipinski definition) is 4. The quantitative estimate of drug-likeness (QED) is 0.485. The second-order valence-corrected chi connectivity index (χ2v) is 5.87. The topological polar surface area (TPSA) is 29.5 Å². The van der Waals surface area contributed by atoms with Crippen LogP contribution < -0.4 is 4.74 Å². The summed E-state index contributed by atoms with van der Waals surface area (Å²) in [6.45, 7) is 0.456. The fraction of sp³-hybridized carbons (Fsp3) is 0.118. The summed E-state index contributed by atoms with van der Waals surface area (Å²) < 4.78 is 6.44. The number of thioether (sulfide) groups is 1. The number of para-hydroxylation sites is 1. The predicted octanol–water partition coefficient (Wildman–Crippen LogP) is 4.85. The van der Waals surface area contributed by atoms with Gasteiger partial charge in [0, 0.05) is 6.08 Å². The number of aliphatic hydroxyl groups is 1. The third kappa shape index (κ3) is 4.62. The Balaban J connectivity index is 2.17. The van der Waals surface area contributed by atoms with Crippen molar-refractivity contribution in [2.24, 2.45) is 0 Å². The SMILES string of the molecule is CSC(=S)C=C(O)c1ccccc1OCc1ccccc1. The first-order chi connectivity index (χ1) is 10.2. The number of aliphatic hydroxyl groups excluding tert-OH is 1. The number of hydrogen-bond donors (Lipinski definition) is 1. The lowest BCUT2D eigenvalue weighted by Gasteiger charge is -2.11. The van der Waals surface area contributed by atoms with Gasteiger partial charge in [-0.1, -0.05) is 54.7 Å². The van der Waals surface area contributed by atoms with E-state index in [9.17, 15) is 5.11 Å². The molecule has 0 aliphatic rings. The molecule has 21 heavy (non-hydrogen) atoms. The first-order valence-corrected chi connectivity index (χ1v) is 8.08. The maximum absolute atomic E-state index is 10.2. The Labute approximate surface area is 134 Å². The van der Waals surface area contributed by atoms with Crippen LogP contribution in [0.25, 0.3) is 5.76 Å². The van der Waals surface area contributed by atoms with Gasteiger partial charge in [-0.15, -0.1) is 11.8 Å². The molecule has 0 aromatic heterocycles. The molecular weight excluding hydrogens is 300 g/mol. The van der Waals surface area contributed by atoms with E-state index in [1.807, 2.05) is 60.9 Å². The van der Waals surface area contributed by atoms with Crippen molar-refractivity contribution < 1.29 is 9.84 Å². The van der Waals surface area contributed by atoms with Crippen LogP contribution in [-0.2, 0) is 6.61 Å². The molecule has 0 fully saturated rings. The van der Waals surface area contributed by atoms with Crippen molar-refractivity contribution in [1.82, 2.24) is 0 Å². The van der Waals surface area contributed by atoms with E-state index in [2.05, 4.69) is 0 Å². The average Bonchev–Trinajstić information content (AvgIpc) is 2.54. The maximum Gasteiger partial charge on any atom is 0.130 e. The highest BCUT2D eigenvalue weighted by atomic mass is 32.2. The van der Waals surface area contributed by atoms with Crippen LogP contribution in [0.5, 0.6) is 5.75 Å². The van der Waals surface area contributed by atoms with E-state index >= 15 is 0 Å². The van der Waals surface area contributed by atoms with Crippen molar-refractivity contribution in [3.05, 3.63) is 71.8 Å². The minimum Gasteiger partial charge on any atom is -0.507 e. The van der Waals surface area contributed by atoms with Crippen LogP contribution in [0.3, 0.4) is 0 Å². The van der Waals surface area contributed by atoms with Crippen LogP contribution in [0, 0.1) is 0 Å². The van der Waals surface area contributed by atoms with Gasteiger partial charge in [0.25, 0.3) is 0 Å². The molecule has 2 aromatic carbocycles. The molecule has 0 amide bonds. The Bertz CT molecular complexity index is 636. The molecule has 0 radical (unpaired) electrons. The largest absolute Gasteiger partial charge is 0.507 e. The summed E-state index contributed by atoms with van der Waals surface area (Å²) in [5.41, 5.74) is 1.72. The summed E-state index contributed by atoms with van der Waals surface area (Å²) in [5, 5.41) is 10.2. The van der Waals surface area contributed by atoms with Crippen molar-refractivity contribution in [2.45, 2.75) is 6.61 Å². The fourth-order valence-electron chi connectivity index (χ4n) is 1.79. The first kappa shape index (κ1) is 15.6. The Morgan fingerprint density at radius 2 is 1.81 bits per heavy atom. The number of thiocarbonyl (C=S) groups is 1. The summed E-state index contributed by atoms with van der Waals surface area (Å²) in [6.07, 6.45) is 3.45. The molecule has 4 heteroatoms. The van der Waals surface area contributed by atoms with Gasteiger partial charge in [-0.05, 0) is 24.0 Å². The summed E-state index contributed by atoms with van der Waals surface area (Å²) >= 11 is 6.52. The molecule has 0 spiro atoms. The molecule has 108 valence electrons. The number of benzene rings is 2. The zero-order chi connectivity index (χ0) is 15.1. The van der Waals surface area contributed by atoms with Crippen LogP contribution in [-0.4, -0.2) is 15.6 Å². The second-order valence-electron chi connectivity index (χ2n) is 4.32. The summed E-state index contributed by atoms with van der Waals surface area (Å²) in [7, 11) is 0. The van der Waals surface area contributed by atoms with E-state index in [4.69, 9.17) is 17.0 Å². The fourth-order valence-corrected chi connectivity index (χ4v) is 2.13. The summed E-state index contributed by atoms with van der Waals surface area (Å²) in [6, 6.07) is 17.3. The Morgan fingerprint density at radius 1 is 1.14 bits per heavy atom. The van der Waals surface area contributed by atoms with E-state index in [1.165, 1.54) is 11.8 Å². The molecule has 0 atom stereocenters. The van der Waals surface area contributed by atoms with Crippen LogP contribution in [0.2, 0.25) is 0 Å². The van der Waals surface area contributed by atoms with Crippen molar-refractivity contribution in [3.8, 4) is 5.75 Å². The first-order valence-electron chi connectivity index (χ1n) is 6.45. The molecule has 0 aliphatic carbocycles. The van der Waals surface area contributed by atoms with Gasteiger partial charge in [0.15, 0.2) is 0 Å². The minimum absolute atomic E-state index is 0.123. The summed E-state index contributed by atoms with van der Waals surface area (Å²) in [4.78, 5) is 0. The molecule has 2 aromatic rings. The zero-order valence-corrected chi connectivity index (χ0v) is 13.3. The monoisotopic (exact) mass is 316 g/mol. The highest BCUT2D eigenvalue weighted by Crippen LogP contribution is 2.25. The van der Waals surface area contributed by atoms with Crippen LogP contribution in [0.4, 0.5) is 0 Å². The lowest BCUT2D eigenvalue weighted by molar-refractivity contribution is 0.303. The van der Waals surface area contributed by atoms with E-state index in [1.54, 1.807) is 6.08 Å². The predicted molar refractivity (Wildman–Crippen MR) is 93.9 cm³/mol. The lowest BCUT2D eigenvalue weighted by atomic mass is 10.1. The van der Waals surface area contributed by atoms with Crippen molar-refractivity contribution in [1.29, 1.82) is 0 Å². The van der Waals surface area contributed by atoms with E-state index in [-0.39, 0.29) is 5.76 Å².